The van der Waals surface area contributed by atoms with E-state index in [0.29, 0.717) is 17.8 Å². The number of amides is 4. The Kier molecular flexibility index (Phi) is 7.05. The Labute approximate surface area is 218 Å². The van der Waals surface area contributed by atoms with Gasteiger partial charge in [-0.05, 0) is 64.5 Å². The third-order valence-corrected chi connectivity index (χ3v) is 6.96. The van der Waals surface area contributed by atoms with Gasteiger partial charge < -0.3 is 0 Å². The maximum atomic E-state index is 12.6. The van der Waals surface area contributed by atoms with E-state index in [2.05, 4.69) is 59.7 Å². The smallest absolute Gasteiger partial charge is 0.258 e. The number of nitrogens with zero attached hydrogens (tertiary/aromatic N) is 2. The van der Waals surface area contributed by atoms with Crippen LogP contribution < -0.4 is 9.80 Å². The van der Waals surface area contributed by atoms with Gasteiger partial charge in [0.1, 0.15) is 0 Å². The van der Waals surface area contributed by atoms with Crippen LogP contribution in [0.5, 0.6) is 0 Å². The van der Waals surface area contributed by atoms with Crippen LogP contribution in [0.2, 0.25) is 0 Å². The molecule has 2 heterocycles. The summed E-state index contributed by atoms with van der Waals surface area (Å²) < 4.78 is 0. The number of imide groups is 2. The van der Waals surface area contributed by atoms with Crippen LogP contribution in [-0.4, -0.2) is 23.6 Å². The third-order valence-electron chi connectivity index (χ3n) is 6.96. The van der Waals surface area contributed by atoms with Crippen LogP contribution in [0.1, 0.15) is 92.7 Å². The molecule has 0 N–H and O–H groups in total. The molecule has 6 nitrogen and oxygen atoms in total. The maximum absolute atomic E-state index is 12.6. The van der Waals surface area contributed by atoms with Crippen LogP contribution in [0.4, 0.5) is 11.4 Å². The van der Waals surface area contributed by atoms with Gasteiger partial charge in [-0.25, -0.2) is 9.80 Å². The van der Waals surface area contributed by atoms with Crippen molar-refractivity contribution in [2.24, 2.45) is 0 Å². The van der Waals surface area contributed by atoms with Crippen molar-refractivity contribution < 1.29 is 19.2 Å². The average molecular weight is 499 g/mol. The fourth-order valence-electron chi connectivity index (χ4n) is 5.19. The van der Waals surface area contributed by atoms with Gasteiger partial charge >= 0.3 is 0 Å². The van der Waals surface area contributed by atoms with E-state index in [4.69, 9.17) is 0 Å². The van der Waals surface area contributed by atoms with Gasteiger partial charge in [0.15, 0.2) is 0 Å². The molecule has 0 aromatic heterocycles. The largest absolute Gasteiger partial charge is 0.269 e. The van der Waals surface area contributed by atoms with Gasteiger partial charge in [0.2, 0.25) is 0 Å². The molecule has 2 aromatic carbocycles. The predicted molar refractivity (Wildman–Crippen MR) is 146 cm³/mol. The normalized spacial score (nSPS) is 15.6. The SMILES string of the molecule is Cc1cc(Cc2cc(C(C)C)c(N3C(=O)C=CC3=O)c(C(C)C)c2)cc(C(C)C)c1N1C(=O)C=CC1=O. The minimum atomic E-state index is -0.318. The van der Waals surface area contributed by atoms with Crippen LogP contribution in [0.25, 0.3) is 0 Å². The summed E-state index contributed by atoms with van der Waals surface area (Å²) in [4.78, 5) is 52.6. The predicted octanol–water partition coefficient (Wildman–Crippen LogP) is 5.81. The molecule has 37 heavy (non-hydrogen) atoms. The topological polar surface area (TPSA) is 74.8 Å². The fourth-order valence-corrected chi connectivity index (χ4v) is 5.19. The second-order valence-electron chi connectivity index (χ2n) is 10.8. The highest BCUT2D eigenvalue weighted by Gasteiger charge is 2.32. The molecule has 6 heteroatoms. The molecule has 0 saturated carbocycles. The van der Waals surface area contributed by atoms with Crippen LogP contribution in [0, 0.1) is 6.92 Å². The lowest BCUT2D eigenvalue weighted by molar-refractivity contribution is -0.121. The first kappa shape index (κ1) is 26.3. The van der Waals surface area contributed by atoms with E-state index in [0.717, 1.165) is 33.4 Å². The lowest BCUT2D eigenvalue weighted by Crippen LogP contribution is -2.32. The van der Waals surface area contributed by atoms with Gasteiger partial charge in [-0.2, -0.15) is 0 Å². The molecule has 4 rings (SSSR count). The molecule has 0 aliphatic carbocycles. The molecule has 0 unspecified atom stereocenters. The van der Waals surface area contributed by atoms with Crippen LogP contribution in [0.15, 0.2) is 48.6 Å². The molecular weight excluding hydrogens is 464 g/mol. The Bertz CT molecular complexity index is 1310. The molecular formula is C31H34N2O4. The summed E-state index contributed by atoms with van der Waals surface area (Å²) in [5, 5.41) is 0. The average Bonchev–Trinajstić information content (AvgIpc) is 3.32. The van der Waals surface area contributed by atoms with E-state index in [9.17, 15) is 19.2 Å². The number of anilines is 2. The van der Waals surface area contributed by atoms with Crippen molar-refractivity contribution in [3.63, 3.8) is 0 Å². The Balaban J connectivity index is 1.81. The van der Waals surface area contributed by atoms with Gasteiger partial charge in [-0.15, -0.1) is 0 Å². The van der Waals surface area contributed by atoms with E-state index >= 15 is 0 Å². The molecule has 2 aromatic rings. The first-order valence-corrected chi connectivity index (χ1v) is 12.8. The molecule has 2 aliphatic heterocycles. The molecule has 2 aliphatic rings. The summed E-state index contributed by atoms with van der Waals surface area (Å²) in [6, 6.07) is 8.32. The zero-order chi connectivity index (χ0) is 27.2. The fraction of sp³-hybridized carbons (Fsp3) is 0.355. The van der Waals surface area contributed by atoms with Crippen LogP contribution >= 0.6 is 0 Å². The molecule has 0 spiro atoms. The monoisotopic (exact) mass is 498 g/mol. The summed E-state index contributed by atoms with van der Waals surface area (Å²) in [6.07, 6.45) is 5.92. The van der Waals surface area contributed by atoms with Crippen molar-refractivity contribution in [2.75, 3.05) is 9.80 Å². The first-order chi connectivity index (χ1) is 17.4. The summed E-state index contributed by atoms with van der Waals surface area (Å²) in [5.74, 6) is -0.949. The molecule has 0 radical (unpaired) electrons. The van der Waals surface area contributed by atoms with E-state index in [1.807, 2.05) is 13.0 Å². The summed E-state index contributed by atoms with van der Waals surface area (Å²) in [7, 11) is 0. The standard InChI is InChI=1S/C31H34N2O4/c1-17(2)23-14-21(12-20(7)30(23)32-26(34)8-9-27(32)35)13-22-15-24(18(3)4)31(25(16-22)19(5)6)33-28(36)10-11-29(33)37/h8-12,14-19H,13H2,1-7H3. The molecule has 0 saturated heterocycles. The highest BCUT2D eigenvalue weighted by atomic mass is 16.2. The van der Waals surface area contributed by atoms with Crippen LogP contribution in [0.3, 0.4) is 0 Å². The van der Waals surface area contributed by atoms with E-state index in [1.165, 1.54) is 34.1 Å². The third kappa shape index (κ3) is 4.80. The van der Waals surface area contributed by atoms with E-state index in [-0.39, 0.29) is 41.4 Å². The van der Waals surface area contributed by atoms with Crippen molar-refractivity contribution in [1.82, 2.24) is 0 Å². The minimum Gasteiger partial charge on any atom is -0.269 e. The Morgan fingerprint density at radius 2 is 0.865 bits per heavy atom. The Hall–Kier alpha value is -3.80. The highest BCUT2D eigenvalue weighted by Crippen LogP contribution is 2.39. The lowest BCUT2D eigenvalue weighted by atomic mass is 9.87. The number of carbonyl (C=O) groups is 4. The zero-order valence-electron chi connectivity index (χ0n) is 22.6. The van der Waals surface area contributed by atoms with E-state index < -0.39 is 0 Å². The summed E-state index contributed by atoms with van der Waals surface area (Å²) in [6.45, 7) is 14.3. The number of rotatable bonds is 7. The zero-order valence-corrected chi connectivity index (χ0v) is 22.6. The van der Waals surface area contributed by atoms with E-state index in [1.54, 1.807) is 0 Å². The summed E-state index contributed by atoms with van der Waals surface area (Å²) in [5.41, 5.74) is 7.26. The van der Waals surface area contributed by atoms with Gasteiger partial charge in [0.25, 0.3) is 23.6 Å². The molecule has 0 atom stereocenters. The van der Waals surface area contributed by atoms with Crippen molar-refractivity contribution in [2.45, 2.75) is 72.6 Å². The Morgan fingerprint density at radius 3 is 1.24 bits per heavy atom. The lowest BCUT2D eigenvalue weighted by Gasteiger charge is -2.27. The highest BCUT2D eigenvalue weighted by molar-refractivity contribution is 6.29. The maximum Gasteiger partial charge on any atom is 0.258 e. The van der Waals surface area contributed by atoms with Crippen molar-refractivity contribution in [1.29, 1.82) is 0 Å². The number of hydrogen-bond acceptors (Lipinski definition) is 4. The van der Waals surface area contributed by atoms with Gasteiger partial charge in [0.05, 0.1) is 11.4 Å². The minimum absolute atomic E-state index is 0.101. The number of benzene rings is 2. The summed E-state index contributed by atoms with van der Waals surface area (Å²) >= 11 is 0. The Morgan fingerprint density at radius 1 is 0.541 bits per heavy atom. The molecule has 0 bridgehead atoms. The second-order valence-corrected chi connectivity index (χ2v) is 10.8. The van der Waals surface area contributed by atoms with Crippen molar-refractivity contribution >= 4 is 35.0 Å². The van der Waals surface area contributed by atoms with Gasteiger partial charge in [0, 0.05) is 24.3 Å². The van der Waals surface area contributed by atoms with Gasteiger partial charge in [-0.3, -0.25) is 19.2 Å². The van der Waals surface area contributed by atoms with Gasteiger partial charge in [-0.1, -0.05) is 65.8 Å². The number of aryl methyl sites for hydroxylation is 1. The second kappa shape index (κ2) is 9.92. The van der Waals surface area contributed by atoms with Crippen LogP contribution in [-0.2, 0) is 25.6 Å². The molecule has 4 amide bonds. The number of hydrogen-bond donors (Lipinski definition) is 0. The van der Waals surface area contributed by atoms with Crippen molar-refractivity contribution in [3.8, 4) is 0 Å². The molecule has 0 fully saturated rings. The quantitative estimate of drug-likeness (QED) is 0.451. The first-order valence-electron chi connectivity index (χ1n) is 12.8. The molecule has 192 valence electrons. The number of carbonyl (C=O) groups excluding carboxylic acids is 4. The van der Waals surface area contributed by atoms with Crippen molar-refractivity contribution in [3.05, 3.63) is 82.0 Å².